The molecule has 2 N–H and O–H groups in total. The Morgan fingerprint density at radius 1 is 1.33 bits per heavy atom. The number of carbonyl (C=O) groups is 1. The van der Waals surface area contributed by atoms with Crippen LogP contribution >= 0.6 is 15.9 Å². The molecule has 6 heteroatoms. The number of nitrogens with zero attached hydrogens (tertiary/aromatic N) is 1. The minimum Gasteiger partial charge on any atom is -0.486 e. The second kappa shape index (κ2) is 7.19. The van der Waals surface area contributed by atoms with Crippen molar-refractivity contribution in [2.75, 3.05) is 7.11 Å². The lowest BCUT2D eigenvalue weighted by Gasteiger charge is -2.09. The van der Waals surface area contributed by atoms with Gasteiger partial charge in [-0.25, -0.2) is 4.79 Å². The van der Waals surface area contributed by atoms with Gasteiger partial charge >= 0.3 is 5.97 Å². The minimum atomic E-state index is -0.407. The monoisotopic (exact) mass is 350 g/mol. The van der Waals surface area contributed by atoms with Gasteiger partial charge in [0.1, 0.15) is 12.4 Å². The zero-order chi connectivity index (χ0) is 15.2. The van der Waals surface area contributed by atoms with Gasteiger partial charge in [0.15, 0.2) is 0 Å². The minimum absolute atomic E-state index is 0.308. The molecule has 21 heavy (non-hydrogen) atoms. The van der Waals surface area contributed by atoms with E-state index in [-0.39, 0.29) is 0 Å². The average molecular weight is 351 g/mol. The molecule has 5 nitrogen and oxygen atoms in total. The Hall–Kier alpha value is -1.92. The highest BCUT2D eigenvalue weighted by molar-refractivity contribution is 9.10. The highest BCUT2D eigenvalue weighted by Crippen LogP contribution is 2.26. The normalized spacial score (nSPS) is 10.2. The van der Waals surface area contributed by atoms with Gasteiger partial charge in [-0.1, -0.05) is 6.07 Å². The second-order valence-electron chi connectivity index (χ2n) is 4.29. The van der Waals surface area contributed by atoms with Gasteiger partial charge in [-0.2, -0.15) is 0 Å². The SMILES string of the molecule is COC(=O)c1ccc(COc2ccc(CN)cc2Br)nc1. The van der Waals surface area contributed by atoms with Crippen LogP contribution < -0.4 is 10.5 Å². The van der Waals surface area contributed by atoms with Crippen LogP contribution in [0.15, 0.2) is 41.0 Å². The first kappa shape index (κ1) is 15.5. The van der Waals surface area contributed by atoms with E-state index in [4.69, 9.17) is 10.5 Å². The summed E-state index contributed by atoms with van der Waals surface area (Å²) in [6.07, 6.45) is 1.47. The van der Waals surface area contributed by atoms with Crippen molar-refractivity contribution >= 4 is 21.9 Å². The first-order chi connectivity index (χ1) is 10.1. The number of carbonyl (C=O) groups excluding carboxylic acids is 1. The molecule has 2 rings (SSSR count). The van der Waals surface area contributed by atoms with Gasteiger partial charge in [-0.05, 0) is 45.8 Å². The smallest absolute Gasteiger partial charge is 0.339 e. The standard InChI is InChI=1S/C15H15BrN2O3/c1-20-15(19)11-3-4-12(18-8-11)9-21-14-5-2-10(7-17)6-13(14)16/h2-6,8H,7,9,17H2,1H3. The number of ether oxygens (including phenoxy) is 2. The molecule has 0 fully saturated rings. The lowest BCUT2D eigenvalue weighted by Crippen LogP contribution is -2.04. The summed E-state index contributed by atoms with van der Waals surface area (Å²) in [6, 6.07) is 9.07. The number of hydrogen-bond donors (Lipinski definition) is 1. The van der Waals surface area contributed by atoms with E-state index in [1.54, 1.807) is 12.1 Å². The number of rotatable bonds is 5. The first-order valence-corrected chi connectivity index (χ1v) is 7.08. The molecular weight excluding hydrogens is 336 g/mol. The number of benzene rings is 1. The van der Waals surface area contributed by atoms with Crippen LogP contribution in [0.5, 0.6) is 5.75 Å². The maximum atomic E-state index is 11.3. The Balaban J connectivity index is 2.01. The van der Waals surface area contributed by atoms with E-state index in [0.29, 0.717) is 24.5 Å². The molecular formula is C15H15BrN2O3. The quantitative estimate of drug-likeness (QED) is 0.839. The number of nitrogens with two attached hydrogens (primary N) is 1. The molecule has 1 aromatic heterocycles. The summed E-state index contributed by atoms with van der Waals surface area (Å²) < 4.78 is 11.1. The number of esters is 1. The molecule has 1 aromatic carbocycles. The van der Waals surface area contributed by atoms with Crippen molar-refractivity contribution in [3.05, 3.63) is 57.8 Å². The van der Waals surface area contributed by atoms with Crippen molar-refractivity contribution in [1.29, 1.82) is 0 Å². The molecule has 2 aromatic rings. The van der Waals surface area contributed by atoms with E-state index in [0.717, 1.165) is 15.7 Å². The fourth-order valence-corrected chi connectivity index (χ4v) is 2.23. The number of pyridine rings is 1. The van der Waals surface area contributed by atoms with E-state index in [1.165, 1.54) is 13.3 Å². The second-order valence-corrected chi connectivity index (χ2v) is 5.14. The third-order valence-corrected chi connectivity index (χ3v) is 3.47. The van der Waals surface area contributed by atoms with Gasteiger partial charge in [-0.3, -0.25) is 4.98 Å². The van der Waals surface area contributed by atoms with E-state index < -0.39 is 5.97 Å². The van der Waals surface area contributed by atoms with Crippen molar-refractivity contribution in [3.63, 3.8) is 0 Å². The van der Waals surface area contributed by atoms with Crippen molar-refractivity contribution in [2.45, 2.75) is 13.2 Å². The first-order valence-electron chi connectivity index (χ1n) is 6.28. The van der Waals surface area contributed by atoms with Crippen LogP contribution in [-0.2, 0) is 17.9 Å². The lowest BCUT2D eigenvalue weighted by atomic mass is 10.2. The molecule has 0 unspecified atom stereocenters. The zero-order valence-electron chi connectivity index (χ0n) is 11.5. The Morgan fingerprint density at radius 2 is 2.14 bits per heavy atom. The van der Waals surface area contributed by atoms with Gasteiger partial charge in [-0.15, -0.1) is 0 Å². The van der Waals surface area contributed by atoms with E-state index >= 15 is 0 Å². The fraction of sp³-hybridized carbons (Fsp3) is 0.200. The Bertz CT molecular complexity index is 629. The molecule has 0 aliphatic carbocycles. The highest BCUT2D eigenvalue weighted by Gasteiger charge is 2.07. The summed E-state index contributed by atoms with van der Waals surface area (Å²) >= 11 is 3.44. The van der Waals surface area contributed by atoms with E-state index in [1.807, 2.05) is 18.2 Å². The lowest BCUT2D eigenvalue weighted by molar-refractivity contribution is 0.0600. The maximum absolute atomic E-state index is 11.3. The van der Waals surface area contributed by atoms with E-state index in [2.05, 4.69) is 25.7 Å². The summed E-state index contributed by atoms with van der Waals surface area (Å²) in [4.78, 5) is 15.5. The van der Waals surface area contributed by atoms with Crippen molar-refractivity contribution in [3.8, 4) is 5.75 Å². The summed E-state index contributed by atoms with van der Waals surface area (Å²) in [5.41, 5.74) is 7.73. The van der Waals surface area contributed by atoms with Gasteiger partial charge in [0.2, 0.25) is 0 Å². The summed E-state index contributed by atoms with van der Waals surface area (Å²) in [7, 11) is 1.34. The Labute approximate surface area is 131 Å². The molecule has 0 amide bonds. The third-order valence-electron chi connectivity index (χ3n) is 2.85. The molecule has 0 spiro atoms. The summed E-state index contributed by atoms with van der Waals surface area (Å²) in [6.45, 7) is 0.789. The predicted molar refractivity (Wildman–Crippen MR) is 81.9 cm³/mol. The number of halogens is 1. The highest BCUT2D eigenvalue weighted by atomic mass is 79.9. The van der Waals surface area contributed by atoms with Crippen LogP contribution in [0.25, 0.3) is 0 Å². The van der Waals surface area contributed by atoms with Gasteiger partial charge < -0.3 is 15.2 Å². The molecule has 0 aliphatic heterocycles. The van der Waals surface area contributed by atoms with Crippen molar-refractivity contribution in [1.82, 2.24) is 4.98 Å². The molecule has 0 bridgehead atoms. The molecule has 0 saturated heterocycles. The number of hydrogen-bond acceptors (Lipinski definition) is 5. The Morgan fingerprint density at radius 3 is 2.71 bits per heavy atom. The topological polar surface area (TPSA) is 74.4 Å². The van der Waals surface area contributed by atoms with Crippen LogP contribution in [0.1, 0.15) is 21.6 Å². The van der Waals surface area contributed by atoms with Crippen LogP contribution in [0.2, 0.25) is 0 Å². The van der Waals surface area contributed by atoms with Crippen LogP contribution in [0.4, 0.5) is 0 Å². The molecule has 0 atom stereocenters. The predicted octanol–water partition coefficient (Wildman–Crippen LogP) is 2.67. The van der Waals surface area contributed by atoms with Gasteiger partial charge in [0.05, 0.1) is 22.8 Å². The molecule has 110 valence electrons. The third kappa shape index (κ3) is 4.03. The van der Waals surface area contributed by atoms with Gasteiger partial charge in [0, 0.05) is 12.7 Å². The molecule has 0 aliphatic rings. The van der Waals surface area contributed by atoms with Crippen molar-refractivity contribution in [2.24, 2.45) is 5.73 Å². The molecule has 0 saturated carbocycles. The summed E-state index contributed by atoms with van der Waals surface area (Å²) in [5.74, 6) is 0.307. The average Bonchev–Trinajstić information content (AvgIpc) is 2.53. The fourth-order valence-electron chi connectivity index (χ4n) is 1.69. The molecule has 1 heterocycles. The van der Waals surface area contributed by atoms with E-state index in [9.17, 15) is 4.79 Å². The number of aromatic nitrogens is 1. The van der Waals surface area contributed by atoms with Crippen LogP contribution in [-0.4, -0.2) is 18.1 Å². The van der Waals surface area contributed by atoms with Crippen LogP contribution in [0.3, 0.4) is 0 Å². The maximum Gasteiger partial charge on any atom is 0.339 e. The summed E-state index contributed by atoms with van der Waals surface area (Å²) in [5, 5.41) is 0. The van der Waals surface area contributed by atoms with Crippen LogP contribution in [0, 0.1) is 0 Å². The number of methoxy groups -OCH3 is 1. The van der Waals surface area contributed by atoms with Crippen molar-refractivity contribution < 1.29 is 14.3 Å². The Kier molecular flexibility index (Phi) is 5.30. The van der Waals surface area contributed by atoms with Gasteiger partial charge in [0.25, 0.3) is 0 Å². The largest absolute Gasteiger partial charge is 0.486 e. The zero-order valence-corrected chi connectivity index (χ0v) is 13.1. The molecule has 0 radical (unpaired) electrons.